The average molecular weight is 349 g/mol. The molecule has 9 heteroatoms. The second-order valence-electron chi connectivity index (χ2n) is 5.37. The van der Waals surface area contributed by atoms with Crippen LogP contribution in [0.2, 0.25) is 0 Å². The number of hydroxylamine groups is 1. The molecule has 0 radical (unpaired) electrons. The maximum Gasteiger partial charge on any atom is 0.269 e. The van der Waals surface area contributed by atoms with Gasteiger partial charge in [0.2, 0.25) is 5.91 Å². The predicted molar refractivity (Wildman–Crippen MR) is 87.5 cm³/mol. The highest BCUT2D eigenvalue weighted by atomic mass is 16.6. The fraction of sp³-hybridized carbons (Fsp3) is 0.375. The van der Waals surface area contributed by atoms with Crippen molar-refractivity contribution >= 4 is 17.5 Å². The van der Waals surface area contributed by atoms with Crippen LogP contribution < -0.4 is 5.48 Å². The zero-order valence-electron chi connectivity index (χ0n) is 13.6. The lowest BCUT2D eigenvalue weighted by Crippen LogP contribution is -2.42. The van der Waals surface area contributed by atoms with Crippen LogP contribution in [0.15, 0.2) is 24.3 Å². The van der Waals surface area contributed by atoms with Crippen LogP contribution >= 0.6 is 0 Å². The largest absolute Gasteiger partial charge is 0.394 e. The zero-order valence-corrected chi connectivity index (χ0v) is 13.6. The highest BCUT2D eigenvalue weighted by molar-refractivity contribution is 5.94. The van der Waals surface area contributed by atoms with Gasteiger partial charge in [-0.15, -0.1) is 12.3 Å². The van der Waals surface area contributed by atoms with Gasteiger partial charge in [-0.3, -0.25) is 24.9 Å². The minimum Gasteiger partial charge on any atom is -0.394 e. The number of nitrogens with one attached hydrogen (secondary N) is 1. The average Bonchev–Trinajstić information content (AvgIpc) is 2.63. The Morgan fingerprint density at radius 2 is 2.00 bits per heavy atom. The highest BCUT2D eigenvalue weighted by Crippen LogP contribution is 2.18. The van der Waals surface area contributed by atoms with Crippen molar-refractivity contribution in [1.29, 1.82) is 0 Å². The number of rotatable bonds is 8. The zero-order chi connectivity index (χ0) is 19.0. The van der Waals surface area contributed by atoms with E-state index in [2.05, 4.69) is 5.92 Å². The summed E-state index contributed by atoms with van der Waals surface area (Å²) in [6, 6.07) is 4.30. The molecule has 1 aromatic rings. The van der Waals surface area contributed by atoms with Crippen LogP contribution in [0.3, 0.4) is 0 Å². The van der Waals surface area contributed by atoms with Gasteiger partial charge in [0.1, 0.15) is 0 Å². The van der Waals surface area contributed by atoms with Gasteiger partial charge < -0.3 is 10.0 Å². The third-order valence-corrected chi connectivity index (χ3v) is 3.81. The van der Waals surface area contributed by atoms with Crippen molar-refractivity contribution in [1.82, 2.24) is 10.4 Å². The molecule has 2 unspecified atom stereocenters. The molecule has 0 heterocycles. The summed E-state index contributed by atoms with van der Waals surface area (Å²) >= 11 is 0. The van der Waals surface area contributed by atoms with Crippen molar-refractivity contribution in [2.24, 2.45) is 5.92 Å². The summed E-state index contributed by atoms with van der Waals surface area (Å²) in [5, 5.41) is 28.9. The summed E-state index contributed by atoms with van der Waals surface area (Å²) in [7, 11) is 1.44. The maximum absolute atomic E-state index is 12.5. The van der Waals surface area contributed by atoms with Crippen LogP contribution in [0.1, 0.15) is 23.2 Å². The summed E-state index contributed by atoms with van der Waals surface area (Å²) in [4.78, 5) is 35.4. The number of aliphatic hydroxyl groups is 1. The number of nitro groups is 1. The standard InChI is InChI=1S/C16H19N3O6/c1-3-4-12(15(21)17-23)9-14(10-20)18(2)16(22)11-5-7-13(8-6-11)19(24)25/h1,5-8,12,14,20,23H,4,9-10H2,2H3,(H,17,21). The van der Waals surface area contributed by atoms with Crippen LogP contribution in [0, 0.1) is 28.4 Å². The number of likely N-dealkylation sites (N-methyl/N-ethyl adjacent to an activating group) is 1. The Balaban J connectivity index is 2.90. The molecule has 1 rings (SSSR count). The lowest BCUT2D eigenvalue weighted by Gasteiger charge is -2.29. The second-order valence-corrected chi connectivity index (χ2v) is 5.37. The van der Waals surface area contributed by atoms with Gasteiger partial charge in [-0.05, 0) is 18.6 Å². The third kappa shape index (κ3) is 5.27. The number of aliphatic hydroxyl groups excluding tert-OH is 1. The van der Waals surface area contributed by atoms with Crippen LogP contribution in [0.25, 0.3) is 0 Å². The molecule has 0 aromatic heterocycles. The van der Waals surface area contributed by atoms with Crippen molar-refractivity contribution in [3.8, 4) is 12.3 Å². The molecule has 134 valence electrons. The number of amides is 2. The summed E-state index contributed by atoms with van der Waals surface area (Å²) in [5.74, 6) is 0.354. The molecule has 0 aliphatic heterocycles. The fourth-order valence-corrected chi connectivity index (χ4v) is 2.30. The molecule has 0 saturated carbocycles. The summed E-state index contributed by atoms with van der Waals surface area (Å²) in [5.41, 5.74) is 1.57. The van der Waals surface area contributed by atoms with E-state index < -0.39 is 35.3 Å². The molecule has 2 atom stereocenters. The van der Waals surface area contributed by atoms with Gasteiger partial charge >= 0.3 is 0 Å². The van der Waals surface area contributed by atoms with Gasteiger partial charge in [0.05, 0.1) is 23.5 Å². The number of carbonyl (C=O) groups is 2. The molecule has 0 aliphatic rings. The number of nitro benzene ring substituents is 1. The molecule has 3 N–H and O–H groups in total. The van der Waals surface area contributed by atoms with Gasteiger partial charge in [-0.2, -0.15) is 0 Å². The van der Waals surface area contributed by atoms with E-state index >= 15 is 0 Å². The van der Waals surface area contributed by atoms with E-state index in [4.69, 9.17) is 11.6 Å². The number of hydrogen-bond donors (Lipinski definition) is 3. The number of nitrogens with zero attached hydrogens (tertiary/aromatic N) is 2. The minimum absolute atomic E-state index is 0.0302. The monoisotopic (exact) mass is 349 g/mol. The van der Waals surface area contributed by atoms with E-state index in [1.165, 1.54) is 41.7 Å². The molecular formula is C16H19N3O6. The van der Waals surface area contributed by atoms with Gasteiger partial charge in [0.25, 0.3) is 11.6 Å². The van der Waals surface area contributed by atoms with Crippen LogP contribution in [-0.2, 0) is 4.79 Å². The number of benzene rings is 1. The SMILES string of the molecule is C#CCC(CC(CO)N(C)C(=O)c1ccc([N+](=O)[O-])cc1)C(=O)NO. The van der Waals surface area contributed by atoms with Crippen molar-refractivity contribution < 1.29 is 24.8 Å². The smallest absolute Gasteiger partial charge is 0.269 e. The maximum atomic E-state index is 12.5. The molecule has 0 aliphatic carbocycles. The molecule has 2 amide bonds. The van der Waals surface area contributed by atoms with E-state index in [1.54, 1.807) is 0 Å². The van der Waals surface area contributed by atoms with Crippen molar-refractivity contribution in [3.63, 3.8) is 0 Å². The predicted octanol–water partition coefficient (Wildman–Crippen LogP) is 0.563. The van der Waals surface area contributed by atoms with E-state index in [1.807, 2.05) is 0 Å². The third-order valence-electron chi connectivity index (χ3n) is 3.81. The Labute approximate surface area is 144 Å². The fourth-order valence-electron chi connectivity index (χ4n) is 2.30. The Bertz CT molecular complexity index is 667. The van der Waals surface area contributed by atoms with Gasteiger partial charge in [0, 0.05) is 31.2 Å². The summed E-state index contributed by atoms with van der Waals surface area (Å²) < 4.78 is 0. The Hall–Kier alpha value is -2.96. The van der Waals surface area contributed by atoms with E-state index in [0.29, 0.717) is 0 Å². The van der Waals surface area contributed by atoms with Crippen LogP contribution in [-0.4, -0.2) is 51.6 Å². The van der Waals surface area contributed by atoms with Crippen LogP contribution in [0.4, 0.5) is 5.69 Å². The Morgan fingerprint density at radius 3 is 2.44 bits per heavy atom. The lowest BCUT2D eigenvalue weighted by atomic mass is 9.95. The molecule has 25 heavy (non-hydrogen) atoms. The first kappa shape index (κ1) is 20.1. The highest BCUT2D eigenvalue weighted by Gasteiger charge is 2.27. The first-order chi connectivity index (χ1) is 11.8. The number of terminal acetylenes is 1. The molecule has 0 fully saturated rings. The Kier molecular flexibility index (Phi) is 7.52. The normalized spacial score (nSPS) is 12.6. The number of non-ortho nitro benzene ring substituents is 1. The number of carbonyl (C=O) groups excluding carboxylic acids is 2. The van der Waals surface area contributed by atoms with Crippen molar-refractivity contribution in [2.45, 2.75) is 18.9 Å². The van der Waals surface area contributed by atoms with E-state index in [-0.39, 0.29) is 24.1 Å². The van der Waals surface area contributed by atoms with Crippen molar-refractivity contribution in [3.05, 3.63) is 39.9 Å². The van der Waals surface area contributed by atoms with Crippen molar-refractivity contribution in [2.75, 3.05) is 13.7 Å². The molecular weight excluding hydrogens is 330 g/mol. The molecule has 1 aromatic carbocycles. The lowest BCUT2D eigenvalue weighted by molar-refractivity contribution is -0.384. The molecule has 9 nitrogen and oxygen atoms in total. The minimum atomic E-state index is -0.778. The van der Waals surface area contributed by atoms with Gasteiger partial charge in [0.15, 0.2) is 0 Å². The summed E-state index contributed by atoms with van der Waals surface area (Å²) in [6.07, 6.45) is 5.27. The second kappa shape index (κ2) is 9.36. The number of hydrogen-bond acceptors (Lipinski definition) is 6. The Morgan fingerprint density at radius 1 is 1.40 bits per heavy atom. The molecule has 0 saturated heterocycles. The first-order valence-corrected chi connectivity index (χ1v) is 7.35. The van der Waals surface area contributed by atoms with E-state index in [0.717, 1.165) is 0 Å². The molecule has 0 bridgehead atoms. The van der Waals surface area contributed by atoms with E-state index in [9.17, 15) is 24.8 Å². The molecule has 0 spiro atoms. The van der Waals surface area contributed by atoms with Gasteiger partial charge in [-0.25, -0.2) is 5.48 Å². The quantitative estimate of drug-likeness (QED) is 0.272. The topological polar surface area (TPSA) is 133 Å². The first-order valence-electron chi connectivity index (χ1n) is 7.35. The summed E-state index contributed by atoms with van der Waals surface area (Å²) in [6.45, 7) is -0.422. The van der Waals surface area contributed by atoms with Crippen LogP contribution in [0.5, 0.6) is 0 Å². The van der Waals surface area contributed by atoms with Gasteiger partial charge in [-0.1, -0.05) is 0 Å².